The number of hydrogen-bond donors (Lipinski definition) is 0. The van der Waals surface area contributed by atoms with Crippen LogP contribution in [0.25, 0.3) is 0 Å². The molecule has 1 aromatic carbocycles. The van der Waals surface area contributed by atoms with E-state index in [1.807, 2.05) is 12.1 Å². The molecule has 0 bridgehead atoms. The minimum Gasteiger partial charge on any atom is -0.467 e. The van der Waals surface area contributed by atoms with Gasteiger partial charge in [-0.05, 0) is 43.2 Å². The number of benzene rings is 1. The zero-order valence-electron chi connectivity index (χ0n) is 12.1. The van der Waals surface area contributed by atoms with Gasteiger partial charge in [-0.1, -0.05) is 24.4 Å². The zero-order chi connectivity index (χ0) is 15.5. The molecule has 22 heavy (non-hydrogen) atoms. The van der Waals surface area contributed by atoms with E-state index < -0.39 is 5.82 Å². The summed E-state index contributed by atoms with van der Waals surface area (Å²) in [5, 5.41) is 0.285. The van der Waals surface area contributed by atoms with E-state index >= 15 is 0 Å². The van der Waals surface area contributed by atoms with Crippen molar-refractivity contribution in [2.24, 2.45) is 0 Å². The van der Waals surface area contributed by atoms with E-state index in [0.717, 1.165) is 31.4 Å². The zero-order valence-corrected chi connectivity index (χ0v) is 12.9. The molecular formula is C17H17ClFNO2. The third-order valence-electron chi connectivity index (χ3n) is 4.05. The van der Waals surface area contributed by atoms with Crippen LogP contribution in [0.5, 0.6) is 0 Å². The predicted octanol–water partition coefficient (Wildman–Crippen LogP) is 4.83. The number of likely N-dealkylation sites (tertiary alicyclic amines) is 1. The molecule has 0 saturated carbocycles. The fourth-order valence-electron chi connectivity index (χ4n) is 2.95. The Labute approximate surface area is 133 Å². The molecule has 3 rings (SSSR count). The Morgan fingerprint density at radius 3 is 2.86 bits per heavy atom. The molecule has 0 radical (unpaired) electrons. The van der Waals surface area contributed by atoms with Gasteiger partial charge in [0.25, 0.3) is 5.91 Å². The van der Waals surface area contributed by atoms with Crippen LogP contribution in [0.3, 0.4) is 0 Å². The lowest BCUT2D eigenvalue weighted by molar-refractivity contribution is 0.0653. The molecule has 1 aromatic heterocycles. The second kappa shape index (κ2) is 6.53. The molecular weight excluding hydrogens is 305 g/mol. The minimum absolute atomic E-state index is 0.0582. The van der Waals surface area contributed by atoms with Gasteiger partial charge in [0.15, 0.2) is 0 Å². The summed E-state index contributed by atoms with van der Waals surface area (Å²) < 4.78 is 19.6. The number of halogens is 2. The van der Waals surface area contributed by atoms with Crippen LogP contribution in [0, 0.1) is 5.82 Å². The van der Waals surface area contributed by atoms with E-state index in [2.05, 4.69) is 0 Å². The van der Waals surface area contributed by atoms with E-state index in [4.69, 9.17) is 16.0 Å². The van der Waals surface area contributed by atoms with E-state index in [0.29, 0.717) is 6.54 Å². The van der Waals surface area contributed by atoms with E-state index in [9.17, 15) is 9.18 Å². The normalized spacial score (nSPS) is 19.0. The topological polar surface area (TPSA) is 33.5 Å². The SMILES string of the molecule is O=C(c1ccc(Cl)cc1F)N1CCCCCC1c1ccco1. The lowest BCUT2D eigenvalue weighted by atomic mass is 10.1. The van der Waals surface area contributed by atoms with Crippen LogP contribution in [0.1, 0.15) is 47.8 Å². The Morgan fingerprint density at radius 1 is 1.27 bits per heavy atom. The number of carbonyl (C=O) groups is 1. The summed E-state index contributed by atoms with van der Waals surface area (Å²) in [6.07, 6.45) is 5.43. The second-order valence-electron chi connectivity index (χ2n) is 5.50. The fourth-order valence-corrected chi connectivity index (χ4v) is 3.10. The summed E-state index contributed by atoms with van der Waals surface area (Å²) in [6, 6.07) is 7.70. The quantitative estimate of drug-likeness (QED) is 0.793. The van der Waals surface area contributed by atoms with Crippen molar-refractivity contribution < 1.29 is 13.6 Å². The highest BCUT2D eigenvalue weighted by Crippen LogP contribution is 2.32. The lowest BCUT2D eigenvalue weighted by Crippen LogP contribution is -2.35. The maximum atomic E-state index is 14.1. The first-order valence-corrected chi connectivity index (χ1v) is 7.84. The Hall–Kier alpha value is -1.81. The lowest BCUT2D eigenvalue weighted by Gasteiger charge is -2.29. The standard InChI is InChI=1S/C17H17ClFNO2/c18-12-7-8-13(14(19)11-12)17(21)20-9-3-1-2-5-15(20)16-6-4-10-22-16/h4,6-8,10-11,15H,1-3,5,9H2. The summed E-state index contributed by atoms with van der Waals surface area (Å²) in [7, 11) is 0. The van der Waals surface area contributed by atoms with Gasteiger partial charge in [0, 0.05) is 11.6 Å². The Bertz CT molecular complexity index is 657. The van der Waals surface area contributed by atoms with Gasteiger partial charge < -0.3 is 9.32 Å². The third-order valence-corrected chi connectivity index (χ3v) is 4.28. The molecule has 1 atom stereocenters. The molecule has 1 unspecified atom stereocenters. The maximum Gasteiger partial charge on any atom is 0.257 e. The second-order valence-corrected chi connectivity index (χ2v) is 5.94. The summed E-state index contributed by atoms with van der Waals surface area (Å²) in [6.45, 7) is 0.603. The highest BCUT2D eigenvalue weighted by Gasteiger charge is 2.30. The first kappa shape index (κ1) is 15.1. The van der Waals surface area contributed by atoms with Gasteiger partial charge in [0.1, 0.15) is 11.6 Å². The summed E-state index contributed by atoms with van der Waals surface area (Å²) in [4.78, 5) is 14.5. The van der Waals surface area contributed by atoms with E-state index in [1.54, 1.807) is 11.2 Å². The molecule has 3 nitrogen and oxygen atoms in total. The summed E-state index contributed by atoms with van der Waals surface area (Å²) in [5.74, 6) is -0.137. The monoisotopic (exact) mass is 321 g/mol. The number of carbonyl (C=O) groups excluding carboxylic acids is 1. The van der Waals surface area contributed by atoms with Gasteiger partial charge in [-0.25, -0.2) is 4.39 Å². The number of rotatable bonds is 2. The van der Waals surface area contributed by atoms with Crippen molar-refractivity contribution in [2.45, 2.75) is 31.7 Å². The highest BCUT2D eigenvalue weighted by molar-refractivity contribution is 6.30. The molecule has 116 valence electrons. The van der Waals surface area contributed by atoms with E-state index in [-0.39, 0.29) is 22.5 Å². The molecule has 1 aliphatic heterocycles. The molecule has 0 aliphatic carbocycles. The number of hydrogen-bond acceptors (Lipinski definition) is 2. The summed E-state index contributed by atoms with van der Waals surface area (Å²) in [5.41, 5.74) is 0.0582. The molecule has 1 amide bonds. The molecule has 1 saturated heterocycles. The van der Waals surface area contributed by atoms with Crippen LogP contribution in [0.2, 0.25) is 5.02 Å². The number of furan rings is 1. The van der Waals surface area contributed by atoms with Gasteiger partial charge in [-0.15, -0.1) is 0 Å². The first-order chi connectivity index (χ1) is 10.7. The minimum atomic E-state index is -0.583. The Morgan fingerprint density at radius 2 is 2.14 bits per heavy atom. The van der Waals surface area contributed by atoms with Crippen LogP contribution >= 0.6 is 11.6 Å². The van der Waals surface area contributed by atoms with Crippen molar-refractivity contribution in [3.8, 4) is 0 Å². The number of nitrogens with zero attached hydrogens (tertiary/aromatic N) is 1. The fraction of sp³-hybridized carbons (Fsp3) is 0.353. The van der Waals surface area contributed by atoms with Crippen molar-refractivity contribution >= 4 is 17.5 Å². The summed E-state index contributed by atoms with van der Waals surface area (Å²) >= 11 is 5.76. The smallest absolute Gasteiger partial charge is 0.257 e. The van der Waals surface area contributed by atoms with Gasteiger partial charge in [-0.2, -0.15) is 0 Å². The third kappa shape index (κ3) is 3.02. The molecule has 5 heteroatoms. The average molecular weight is 322 g/mol. The molecule has 0 spiro atoms. The van der Waals surface area contributed by atoms with Gasteiger partial charge >= 0.3 is 0 Å². The van der Waals surface area contributed by atoms with Crippen molar-refractivity contribution in [2.75, 3.05) is 6.54 Å². The molecule has 2 aromatic rings. The van der Waals surface area contributed by atoms with E-state index in [1.165, 1.54) is 18.2 Å². The highest BCUT2D eigenvalue weighted by atomic mass is 35.5. The van der Waals surface area contributed by atoms with Crippen molar-refractivity contribution in [1.29, 1.82) is 0 Å². The van der Waals surface area contributed by atoms with Crippen molar-refractivity contribution in [1.82, 2.24) is 4.90 Å². The average Bonchev–Trinajstić information content (AvgIpc) is 2.91. The number of amides is 1. The first-order valence-electron chi connectivity index (χ1n) is 7.46. The molecule has 0 N–H and O–H groups in total. The van der Waals surface area contributed by atoms with Crippen LogP contribution in [0.15, 0.2) is 41.0 Å². The van der Waals surface area contributed by atoms with Crippen LogP contribution in [0.4, 0.5) is 4.39 Å². The van der Waals surface area contributed by atoms with Gasteiger partial charge in [0.2, 0.25) is 0 Å². The van der Waals surface area contributed by atoms with Crippen LogP contribution in [-0.2, 0) is 0 Å². The largest absolute Gasteiger partial charge is 0.467 e. The van der Waals surface area contributed by atoms with Crippen molar-refractivity contribution in [3.05, 3.63) is 58.8 Å². The molecule has 1 fully saturated rings. The molecule has 1 aliphatic rings. The van der Waals surface area contributed by atoms with Crippen LogP contribution < -0.4 is 0 Å². The Kier molecular flexibility index (Phi) is 4.48. The van der Waals surface area contributed by atoms with Crippen LogP contribution in [-0.4, -0.2) is 17.4 Å². The van der Waals surface area contributed by atoms with Crippen molar-refractivity contribution in [3.63, 3.8) is 0 Å². The van der Waals surface area contributed by atoms with Gasteiger partial charge in [-0.3, -0.25) is 4.79 Å². The predicted molar refractivity (Wildman–Crippen MR) is 82.4 cm³/mol. The molecule has 2 heterocycles. The maximum absolute atomic E-state index is 14.1. The Balaban J connectivity index is 1.93. The van der Waals surface area contributed by atoms with Gasteiger partial charge in [0.05, 0.1) is 17.9 Å².